The van der Waals surface area contributed by atoms with Crippen LogP contribution < -0.4 is 10.2 Å². The smallest absolute Gasteiger partial charge is 0.319 e. The van der Waals surface area contributed by atoms with Gasteiger partial charge in [0.15, 0.2) is 0 Å². The highest BCUT2D eigenvalue weighted by Crippen LogP contribution is 2.31. The van der Waals surface area contributed by atoms with Crippen molar-refractivity contribution in [3.05, 3.63) is 94.7 Å². The van der Waals surface area contributed by atoms with Crippen molar-refractivity contribution in [1.82, 2.24) is 19.7 Å². The number of hydrogen-bond donors (Lipinski definition) is 1. The minimum absolute atomic E-state index is 0.159. The van der Waals surface area contributed by atoms with Crippen LogP contribution in [0.2, 0.25) is 5.02 Å². The predicted molar refractivity (Wildman–Crippen MR) is 151 cm³/mol. The number of halogens is 4. The number of nitrogens with zero attached hydrogens (tertiary/aromatic N) is 5. The standard InChI is InChI=1S/C29H28ClF3N6O2/c1-17(18-15-34-25(35-16-18)26(40)36-21-11-9-19(10-12-21)29(31,32)33)27(41)38(5)24-14-23(28(2,3)4)37-39(24)22-8-6-7-20(30)13-22/h6-17H,1-5H3,(H,36,40). The van der Waals surface area contributed by atoms with E-state index in [0.717, 1.165) is 30.0 Å². The molecule has 1 atom stereocenters. The summed E-state index contributed by atoms with van der Waals surface area (Å²) in [5.74, 6) is -1.29. The van der Waals surface area contributed by atoms with Gasteiger partial charge < -0.3 is 5.32 Å². The highest BCUT2D eigenvalue weighted by atomic mass is 35.5. The molecule has 8 nitrogen and oxygen atoms in total. The Morgan fingerprint density at radius 2 is 1.63 bits per heavy atom. The third-order valence-corrected chi connectivity index (χ3v) is 6.64. The number of benzene rings is 2. The summed E-state index contributed by atoms with van der Waals surface area (Å²) >= 11 is 6.21. The average molecular weight is 585 g/mol. The van der Waals surface area contributed by atoms with Gasteiger partial charge >= 0.3 is 6.18 Å². The van der Waals surface area contributed by atoms with Gasteiger partial charge in [-0.2, -0.15) is 18.3 Å². The molecule has 4 aromatic rings. The minimum atomic E-state index is -4.48. The van der Waals surface area contributed by atoms with Gasteiger partial charge in [0.1, 0.15) is 5.82 Å². The monoisotopic (exact) mass is 584 g/mol. The zero-order valence-corrected chi connectivity index (χ0v) is 23.7. The van der Waals surface area contributed by atoms with Gasteiger partial charge in [0, 0.05) is 47.2 Å². The lowest BCUT2D eigenvalue weighted by Gasteiger charge is -2.22. The first kappa shape index (κ1) is 29.7. The van der Waals surface area contributed by atoms with Crippen molar-refractivity contribution in [1.29, 1.82) is 0 Å². The molecule has 12 heteroatoms. The van der Waals surface area contributed by atoms with Crippen LogP contribution in [0.25, 0.3) is 5.69 Å². The molecular formula is C29H28ClF3N6O2. The Hall–Kier alpha value is -4.25. The van der Waals surface area contributed by atoms with Crippen molar-refractivity contribution in [3.8, 4) is 5.69 Å². The van der Waals surface area contributed by atoms with Gasteiger partial charge in [-0.25, -0.2) is 14.6 Å². The van der Waals surface area contributed by atoms with Crippen LogP contribution in [-0.2, 0) is 16.4 Å². The summed E-state index contributed by atoms with van der Waals surface area (Å²) in [4.78, 5) is 35.7. The SMILES string of the molecule is CC(C(=O)N(C)c1cc(C(C)(C)C)nn1-c1cccc(Cl)c1)c1cnc(C(=O)Nc2ccc(C(F)(F)F)cc2)nc1. The fourth-order valence-corrected chi connectivity index (χ4v) is 4.11. The molecule has 2 aromatic heterocycles. The quantitative estimate of drug-likeness (QED) is 0.274. The molecule has 2 heterocycles. The first-order chi connectivity index (χ1) is 19.1. The molecule has 1 N–H and O–H groups in total. The van der Waals surface area contributed by atoms with Crippen LogP contribution in [0.15, 0.2) is 67.0 Å². The summed E-state index contributed by atoms with van der Waals surface area (Å²) in [7, 11) is 1.65. The number of likely N-dealkylation sites (N-methyl/N-ethyl adjacent to an activating group) is 1. The van der Waals surface area contributed by atoms with E-state index in [9.17, 15) is 22.8 Å². The third kappa shape index (κ3) is 6.74. The van der Waals surface area contributed by atoms with E-state index < -0.39 is 23.6 Å². The van der Waals surface area contributed by atoms with Gasteiger partial charge in [0.05, 0.1) is 22.9 Å². The summed E-state index contributed by atoms with van der Waals surface area (Å²) in [6.45, 7) is 7.78. The lowest BCUT2D eigenvalue weighted by molar-refractivity contribution is -0.137. The summed E-state index contributed by atoms with van der Waals surface area (Å²) in [5, 5.41) is 7.74. The van der Waals surface area contributed by atoms with Crippen molar-refractivity contribution in [2.45, 2.75) is 45.2 Å². The molecule has 4 rings (SSSR count). The molecule has 214 valence electrons. The van der Waals surface area contributed by atoms with Crippen LogP contribution in [0.5, 0.6) is 0 Å². The molecule has 0 aliphatic heterocycles. The predicted octanol–water partition coefficient (Wildman–Crippen LogP) is 6.65. The molecule has 0 spiro atoms. The summed E-state index contributed by atoms with van der Waals surface area (Å²) in [6.07, 6.45) is -1.73. The molecule has 0 aliphatic rings. The molecule has 0 bridgehead atoms. The Balaban J connectivity index is 1.52. The van der Waals surface area contributed by atoms with E-state index in [1.54, 1.807) is 36.9 Å². The van der Waals surface area contributed by atoms with Crippen LogP contribution in [-0.4, -0.2) is 38.6 Å². The lowest BCUT2D eigenvalue weighted by atomic mass is 9.92. The number of aromatic nitrogens is 4. The van der Waals surface area contributed by atoms with E-state index >= 15 is 0 Å². The summed E-state index contributed by atoms with van der Waals surface area (Å²) in [6, 6.07) is 13.0. The number of nitrogens with one attached hydrogen (secondary N) is 1. The number of rotatable bonds is 6. The van der Waals surface area contributed by atoms with Crippen molar-refractivity contribution in [3.63, 3.8) is 0 Å². The Morgan fingerprint density at radius 3 is 2.20 bits per heavy atom. The van der Waals surface area contributed by atoms with E-state index in [1.807, 2.05) is 32.9 Å². The first-order valence-electron chi connectivity index (χ1n) is 12.6. The maximum absolute atomic E-state index is 13.6. The number of carbonyl (C=O) groups is 2. The van der Waals surface area contributed by atoms with E-state index in [4.69, 9.17) is 16.7 Å². The van der Waals surface area contributed by atoms with Gasteiger partial charge in [-0.1, -0.05) is 38.4 Å². The Bertz CT molecular complexity index is 1560. The second kappa shape index (κ2) is 11.3. The van der Waals surface area contributed by atoms with Crippen LogP contribution in [0.3, 0.4) is 0 Å². The van der Waals surface area contributed by atoms with E-state index in [0.29, 0.717) is 22.1 Å². The molecule has 2 amide bonds. The Morgan fingerprint density at radius 1 is 1.00 bits per heavy atom. The van der Waals surface area contributed by atoms with Gasteiger partial charge in [0.25, 0.3) is 5.91 Å². The molecule has 41 heavy (non-hydrogen) atoms. The van der Waals surface area contributed by atoms with Crippen LogP contribution in [0.4, 0.5) is 24.7 Å². The van der Waals surface area contributed by atoms with Crippen LogP contribution in [0, 0.1) is 0 Å². The van der Waals surface area contributed by atoms with E-state index in [1.165, 1.54) is 17.3 Å². The zero-order chi connectivity index (χ0) is 30.1. The average Bonchev–Trinajstić information content (AvgIpc) is 3.38. The Kier molecular flexibility index (Phi) is 8.21. The fraction of sp³-hybridized carbons (Fsp3) is 0.276. The first-order valence-corrected chi connectivity index (χ1v) is 13.0. The number of anilines is 2. The second-order valence-corrected chi connectivity index (χ2v) is 11.0. The topological polar surface area (TPSA) is 93.0 Å². The Labute approximate surface area is 240 Å². The molecule has 0 saturated carbocycles. The van der Waals surface area contributed by atoms with E-state index in [2.05, 4.69) is 15.3 Å². The third-order valence-electron chi connectivity index (χ3n) is 6.40. The molecule has 0 fully saturated rings. The largest absolute Gasteiger partial charge is 0.416 e. The maximum atomic E-state index is 13.6. The van der Waals surface area contributed by atoms with E-state index in [-0.39, 0.29) is 22.8 Å². The number of carbonyl (C=O) groups excluding carboxylic acids is 2. The molecule has 1 unspecified atom stereocenters. The maximum Gasteiger partial charge on any atom is 0.416 e. The van der Waals surface area contributed by atoms with Crippen LogP contribution >= 0.6 is 11.6 Å². The van der Waals surface area contributed by atoms with Gasteiger partial charge in [-0.15, -0.1) is 0 Å². The number of hydrogen-bond acceptors (Lipinski definition) is 5. The lowest BCUT2D eigenvalue weighted by Crippen LogP contribution is -2.32. The molecular weight excluding hydrogens is 557 g/mol. The molecule has 0 aliphatic carbocycles. The van der Waals surface area contributed by atoms with Gasteiger partial charge in [0.2, 0.25) is 11.7 Å². The number of amides is 2. The van der Waals surface area contributed by atoms with Crippen molar-refractivity contribution >= 4 is 34.9 Å². The van der Waals surface area contributed by atoms with Crippen molar-refractivity contribution in [2.24, 2.45) is 0 Å². The number of alkyl halides is 3. The van der Waals surface area contributed by atoms with Gasteiger partial charge in [-0.05, 0) is 49.4 Å². The van der Waals surface area contributed by atoms with Gasteiger partial charge in [-0.3, -0.25) is 14.5 Å². The fourth-order valence-electron chi connectivity index (χ4n) is 3.93. The highest BCUT2D eigenvalue weighted by molar-refractivity contribution is 6.30. The highest BCUT2D eigenvalue weighted by Gasteiger charge is 2.30. The molecule has 0 radical (unpaired) electrons. The second-order valence-electron chi connectivity index (χ2n) is 10.5. The van der Waals surface area contributed by atoms with Crippen molar-refractivity contribution < 1.29 is 22.8 Å². The van der Waals surface area contributed by atoms with Crippen molar-refractivity contribution in [2.75, 3.05) is 17.3 Å². The summed E-state index contributed by atoms with van der Waals surface area (Å²) in [5.41, 5.74) is 1.00. The molecule has 0 saturated heterocycles. The summed E-state index contributed by atoms with van der Waals surface area (Å²) < 4.78 is 40.0. The normalized spacial score (nSPS) is 12.6. The zero-order valence-electron chi connectivity index (χ0n) is 23.0. The minimum Gasteiger partial charge on any atom is -0.319 e. The molecule has 2 aromatic carbocycles. The van der Waals surface area contributed by atoms with Crippen LogP contribution in [0.1, 0.15) is 61.1 Å².